The van der Waals surface area contributed by atoms with Gasteiger partial charge < -0.3 is 10.1 Å². The Kier molecular flexibility index (Phi) is 5.18. The topological polar surface area (TPSA) is 56.2 Å². The zero-order valence-corrected chi connectivity index (χ0v) is 17.2. The third-order valence-corrected chi connectivity index (χ3v) is 5.93. The van der Waals surface area contributed by atoms with E-state index in [9.17, 15) is 9.18 Å². The highest BCUT2D eigenvalue weighted by molar-refractivity contribution is 7.98. The van der Waals surface area contributed by atoms with Gasteiger partial charge in [-0.05, 0) is 48.5 Å². The number of hydrogen-bond acceptors (Lipinski definition) is 4. The van der Waals surface area contributed by atoms with Crippen LogP contribution in [-0.2, 0) is 11.5 Å². The number of amides is 1. The second-order valence-corrected chi connectivity index (χ2v) is 8.01. The average molecular weight is 431 g/mol. The first-order valence-corrected chi connectivity index (χ1v) is 10.9. The molecular weight excluding hydrogens is 413 g/mol. The maximum Gasteiger partial charge on any atom is 0.260 e. The van der Waals surface area contributed by atoms with E-state index in [1.54, 1.807) is 46.8 Å². The van der Waals surface area contributed by atoms with E-state index in [1.807, 2.05) is 36.4 Å². The number of ether oxygens (including phenoxy) is 1. The highest BCUT2D eigenvalue weighted by Crippen LogP contribution is 2.36. The predicted octanol–water partition coefficient (Wildman–Crippen LogP) is 5.80. The molecule has 2 heterocycles. The average Bonchev–Trinajstić information content (AvgIpc) is 3.38. The van der Waals surface area contributed by atoms with Crippen LogP contribution in [0, 0.1) is 5.82 Å². The Balaban J connectivity index is 1.49. The van der Waals surface area contributed by atoms with Crippen LogP contribution in [0.15, 0.2) is 78.9 Å². The van der Waals surface area contributed by atoms with Crippen molar-refractivity contribution in [3.8, 4) is 17.2 Å². The summed E-state index contributed by atoms with van der Waals surface area (Å²) in [7, 11) is 0. The lowest BCUT2D eigenvalue weighted by Gasteiger charge is -2.14. The van der Waals surface area contributed by atoms with E-state index in [-0.39, 0.29) is 11.7 Å². The van der Waals surface area contributed by atoms with Gasteiger partial charge in [0.1, 0.15) is 23.1 Å². The van der Waals surface area contributed by atoms with Crippen molar-refractivity contribution in [2.75, 3.05) is 5.32 Å². The number of anilines is 1. The fourth-order valence-corrected chi connectivity index (χ4v) is 4.48. The van der Waals surface area contributed by atoms with Crippen molar-refractivity contribution in [3.05, 3.63) is 102 Å². The van der Waals surface area contributed by atoms with Gasteiger partial charge in [-0.3, -0.25) is 4.79 Å². The summed E-state index contributed by atoms with van der Waals surface area (Å²) in [6.45, 7) is 0. The minimum absolute atomic E-state index is 0.297. The maximum absolute atomic E-state index is 13.4. The Labute approximate surface area is 182 Å². The molecule has 1 N–H and O–H groups in total. The van der Waals surface area contributed by atoms with Crippen LogP contribution in [0.3, 0.4) is 0 Å². The van der Waals surface area contributed by atoms with Gasteiger partial charge in [-0.1, -0.05) is 30.3 Å². The summed E-state index contributed by atoms with van der Waals surface area (Å²) in [5, 5.41) is 7.68. The number of nitrogens with zero attached hydrogens (tertiary/aromatic N) is 2. The van der Waals surface area contributed by atoms with Gasteiger partial charge in [0, 0.05) is 17.1 Å². The summed E-state index contributed by atoms with van der Waals surface area (Å²) in [4.78, 5) is 13.3. The van der Waals surface area contributed by atoms with Gasteiger partial charge in [0.05, 0.1) is 16.9 Å². The van der Waals surface area contributed by atoms with Crippen LogP contribution in [0.25, 0.3) is 5.69 Å². The number of rotatable bonds is 5. The summed E-state index contributed by atoms with van der Waals surface area (Å²) in [6, 6.07) is 22.5. The van der Waals surface area contributed by atoms with Crippen molar-refractivity contribution < 1.29 is 13.9 Å². The summed E-state index contributed by atoms with van der Waals surface area (Å²) < 4.78 is 21.0. The highest BCUT2D eigenvalue weighted by Gasteiger charge is 2.26. The summed E-state index contributed by atoms with van der Waals surface area (Å²) in [5.41, 5.74) is 3.02. The second-order valence-electron chi connectivity index (χ2n) is 7.02. The van der Waals surface area contributed by atoms with Crippen LogP contribution in [0.1, 0.15) is 21.6 Å². The molecule has 4 aromatic rings. The lowest BCUT2D eigenvalue weighted by molar-refractivity contribution is 0.102. The lowest BCUT2D eigenvalue weighted by Crippen LogP contribution is -2.17. The SMILES string of the molecule is O=C(Nc1c2c(nn1-c1ccc(F)cc1)CSC2)c1ccccc1Oc1ccccc1. The van der Waals surface area contributed by atoms with E-state index in [0.717, 1.165) is 22.8 Å². The molecule has 0 fully saturated rings. The van der Waals surface area contributed by atoms with Crippen LogP contribution >= 0.6 is 11.8 Å². The first-order chi connectivity index (χ1) is 15.2. The molecule has 7 heteroatoms. The molecule has 0 saturated heterocycles. The number of thioether (sulfide) groups is 1. The van der Waals surface area contributed by atoms with E-state index in [2.05, 4.69) is 10.4 Å². The molecule has 5 rings (SSSR count). The van der Waals surface area contributed by atoms with Gasteiger partial charge >= 0.3 is 0 Å². The minimum Gasteiger partial charge on any atom is -0.457 e. The Morgan fingerprint density at radius 1 is 0.968 bits per heavy atom. The molecule has 31 heavy (non-hydrogen) atoms. The lowest BCUT2D eigenvalue weighted by atomic mass is 10.1. The zero-order valence-electron chi connectivity index (χ0n) is 16.4. The molecule has 0 radical (unpaired) electrons. The Bertz CT molecular complexity index is 1240. The first-order valence-electron chi connectivity index (χ1n) is 9.77. The van der Waals surface area contributed by atoms with Crippen molar-refractivity contribution in [1.29, 1.82) is 0 Å². The molecule has 5 nitrogen and oxygen atoms in total. The monoisotopic (exact) mass is 431 g/mol. The van der Waals surface area contributed by atoms with E-state index in [0.29, 0.717) is 28.6 Å². The van der Waals surface area contributed by atoms with E-state index in [1.165, 1.54) is 12.1 Å². The molecule has 0 aliphatic carbocycles. The number of carbonyl (C=O) groups is 1. The Morgan fingerprint density at radius 3 is 2.52 bits per heavy atom. The van der Waals surface area contributed by atoms with Crippen molar-refractivity contribution in [1.82, 2.24) is 9.78 Å². The number of benzene rings is 3. The first kappa shape index (κ1) is 19.4. The van der Waals surface area contributed by atoms with Crippen molar-refractivity contribution in [2.24, 2.45) is 0 Å². The molecular formula is C24H18FN3O2S. The van der Waals surface area contributed by atoms with Crippen LogP contribution < -0.4 is 10.1 Å². The predicted molar refractivity (Wildman–Crippen MR) is 119 cm³/mol. The van der Waals surface area contributed by atoms with Gasteiger partial charge in [-0.25, -0.2) is 9.07 Å². The molecule has 1 aromatic heterocycles. The number of halogens is 1. The summed E-state index contributed by atoms with van der Waals surface area (Å²) >= 11 is 1.75. The number of hydrogen-bond donors (Lipinski definition) is 1. The van der Waals surface area contributed by atoms with Gasteiger partial charge in [0.2, 0.25) is 0 Å². The number of fused-ring (bicyclic) bond motifs is 1. The third kappa shape index (κ3) is 3.92. The molecule has 0 saturated carbocycles. The number of para-hydroxylation sites is 2. The Hall–Kier alpha value is -3.58. The van der Waals surface area contributed by atoms with Gasteiger partial charge in [-0.2, -0.15) is 16.9 Å². The minimum atomic E-state index is -0.323. The van der Waals surface area contributed by atoms with Gasteiger partial charge in [0.15, 0.2) is 0 Å². The van der Waals surface area contributed by atoms with Crippen molar-refractivity contribution in [2.45, 2.75) is 11.5 Å². The summed E-state index contributed by atoms with van der Waals surface area (Å²) in [6.07, 6.45) is 0. The fourth-order valence-electron chi connectivity index (χ4n) is 3.44. The molecule has 0 atom stereocenters. The van der Waals surface area contributed by atoms with E-state index >= 15 is 0 Å². The third-order valence-electron chi connectivity index (χ3n) is 4.96. The molecule has 154 valence electrons. The Morgan fingerprint density at radius 2 is 1.71 bits per heavy atom. The number of aromatic nitrogens is 2. The van der Waals surface area contributed by atoms with E-state index in [4.69, 9.17) is 4.74 Å². The number of nitrogens with one attached hydrogen (secondary N) is 1. The molecule has 1 aliphatic heterocycles. The molecule has 0 spiro atoms. The molecule has 1 amide bonds. The summed E-state index contributed by atoms with van der Waals surface area (Å²) in [5.74, 6) is 2.63. The number of carbonyl (C=O) groups excluding carboxylic acids is 1. The molecule has 0 bridgehead atoms. The zero-order chi connectivity index (χ0) is 21.2. The smallest absolute Gasteiger partial charge is 0.260 e. The van der Waals surface area contributed by atoms with Crippen molar-refractivity contribution in [3.63, 3.8) is 0 Å². The van der Waals surface area contributed by atoms with Gasteiger partial charge in [-0.15, -0.1) is 0 Å². The van der Waals surface area contributed by atoms with Crippen LogP contribution in [-0.4, -0.2) is 15.7 Å². The van der Waals surface area contributed by atoms with Crippen LogP contribution in [0.2, 0.25) is 0 Å². The van der Waals surface area contributed by atoms with Crippen molar-refractivity contribution >= 4 is 23.5 Å². The molecule has 0 unspecified atom stereocenters. The molecule has 3 aromatic carbocycles. The van der Waals surface area contributed by atoms with Gasteiger partial charge in [0.25, 0.3) is 5.91 Å². The maximum atomic E-state index is 13.4. The second kappa shape index (κ2) is 8.28. The quantitative estimate of drug-likeness (QED) is 0.434. The van der Waals surface area contributed by atoms with E-state index < -0.39 is 0 Å². The van der Waals surface area contributed by atoms with Crippen LogP contribution in [0.4, 0.5) is 10.2 Å². The normalized spacial score (nSPS) is 12.4. The standard InChI is InChI=1S/C24H18FN3O2S/c25-16-10-12-17(13-11-16)28-23(20-14-31-15-21(20)27-28)26-24(29)19-8-4-5-9-22(19)30-18-6-2-1-3-7-18/h1-13H,14-15H2,(H,26,29). The van der Waals surface area contributed by atoms with Crippen LogP contribution in [0.5, 0.6) is 11.5 Å². The highest BCUT2D eigenvalue weighted by atomic mass is 32.2. The molecule has 1 aliphatic rings. The largest absolute Gasteiger partial charge is 0.457 e. The fraction of sp³-hybridized carbons (Fsp3) is 0.0833.